The van der Waals surface area contributed by atoms with E-state index in [4.69, 9.17) is 13.8 Å². The van der Waals surface area contributed by atoms with Crippen molar-refractivity contribution in [1.29, 1.82) is 0 Å². The van der Waals surface area contributed by atoms with Gasteiger partial charge < -0.3 is 28.5 Å². The highest BCUT2D eigenvalue weighted by molar-refractivity contribution is 7.45. The minimum Gasteiger partial charge on any atom is -0.756 e. The molecule has 0 aromatic heterocycles. The number of phosphoric ester groups is 1. The first kappa shape index (κ1) is 67.0. The molecule has 0 aliphatic rings. The van der Waals surface area contributed by atoms with Gasteiger partial charge in [-0.15, -0.1) is 0 Å². The van der Waals surface area contributed by atoms with Gasteiger partial charge in [-0.3, -0.25) is 14.2 Å². The number of ether oxygens (including phenoxy) is 1. The normalized spacial score (nSPS) is 14.1. The number of hydrogen-bond donors (Lipinski definition) is 1. The van der Waals surface area contributed by atoms with Crippen LogP contribution in [-0.2, 0) is 27.9 Å². The first-order chi connectivity index (χ1) is 33.4. The second-order valence-corrected chi connectivity index (χ2v) is 22.2. The molecule has 0 spiro atoms. The molecule has 1 amide bonds. The van der Waals surface area contributed by atoms with Crippen LogP contribution in [0, 0.1) is 0 Å². The number of nitrogens with one attached hydrogen (secondary N) is 1. The number of rotatable bonds is 52. The number of unbranched alkanes of at least 4 members (excludes halogenated alkanes) is 31. The van der Waals surface area contributed by atoms with Gasteiger partial charge in [0.05, 0.1) is 33.8 Å². The highest BCUT2D eigenvalue weighted by Gasteiger charge is 2.27. The van der Waals surface area contributed by atoms with Gasteiger partial charge >= 0.3 is 5.97 Å². The Hall–Kier alpha value is -2.03. The maximum absolute atomic E-state index is 13.5. The summed E-state index contributed by atoms with van der Waals surface area (Å²) in [6, 6.07) is -0.906. The van der Waals surface area contributed by atoms with E-state index in [1.54, 1.807) is 0 Å². The van der Waals surface area contributed by atoms with Crippen molar-refractivity contribution in [2.24, 2.45) is 0 Å². The van der Waals surface area contributed by atoms with Gasteiger partial charge in [0.2, 0.25) is 5.91 Å². The number of amides is 1. The lowest BCUT2D eigenvalue weighted by Crippen LogP contribution is -2.47. The third-order valence-electron chi connectivity index (χ3n) is 12.8. The molecule has 1 N–H and O–H groups in total. The fourth-order valence-electron chi connectivity index (χ4n) is 8.21. The first-order valence-electron chi connectivity index (χ1n) is 29.0. The SMILES string of the molecule is CCCCCCCCC/C=C\CCCCCC(=O)OC(/C=C/CCCCCCCCCCCCC)C(COP(=O)([O-])OCC[N+](C)(C)C)NC(=O)CCCCC/C=C/C=C/CCCCCCCCC. The summed E-state index contributed by atoms with van der Waals surface area (Å²) in [5.41, 5.74) is 0. The van der Waals surface area contributed by atoms with Crippen molar-refractivity contribution in [1.82, 2.24) is 5.32 Å². The van der Waals surface area contributed by atoms with Gasteiger partial charge in [-0.05, 0) is 83.1 Å². The summed E-state index contributed by atoms with van der Waals surface area (Å²) in [6.45, 7) is 6.81. The Kier molecular flexibility index (Phi) is 48.1. The Labute approximate surface area is 427 Å². The summed E-state index contributed by atoms with van der Waals surface area (Å²) < 4.78 is 30.2. The summed E-state index contributed by atoms with van der Waals surface area (Å²) in [5, 5.41) is 3.00. The summed E-state index contributed by atoms with van der Waals surface area (Å²) in [4.78, 5) is 39.8. The molecule has 0 aromatic carbocycles. The Balaban J connectivity index is 5.44. The molecule has 69 heavy (non-hydrogen) atoms. The van der Waals surface area contributed by atoms with Gasteiger partial charge in [0.25, 0.3) is 7.82 Å². The molecule has 0 aromatic rings. The Morgan fingerprint density at radius 1 is 0.507 bits per heavy atom. The Bertz CT molecular complexity index is 1330. The van der Waals surface area contributed by atoms with Crippen LogP contribution in [0.5, 0.6) is 0 Å². The van der Waals surface area contributed by atoms with Crippen LogP contribution in [0.2, 0.25) is 0 Å². The molecule has 0 aliphatic carbocycles. The van der Waals surface area contributed by atoms with Gasteiger partial charge in [-0.2, -0.15) is 0 Å². The number of esters is 1. The van der Waals surface area contributed by atoms with Crippen molar-refractivity contribution >= 4 is 19.7 Å². The zero-order chi connectivity index (χ0) is 50.8. The quantitative estimate of drug-likeness (QED) is 0.0161. The van der Waals surface area contributed by atoms with E-state index in [2.05, 4.69) is 62.5 Å². The molecule has 0 fully saturated rings. The average Bonchev–Trinajstić information content (AvgIpc) is 3.31. The topological polar surface area (TPSA) is 114 Å². The molecule has 3 unspecified atom stereocenters. The van der Waals surface area contributed by atoms with Crippen LogP contribution in [0.25, 0.3) is 0 Å². The molecule has 9 nitrogen and oxygen atoms in total. The third kappa shape index (κ3) is 50.7. The summed E-state index contributed by atoms with van der Waals surface area (Å²) >= 11 is 0. The van der Waals surface area contributed by atoms with Crippen molar-refractivity contribution in [3.63, 3.8) is 0 Å². The molecule has 0 bridgehead atoms. The minimum atomic E-state index is -4.70. The zero-order valence-electron chi connectivity index (χ0n) is 46.0. The molecule has 0 rings (SSSR count). The molecule has 3 atom stereocenters. The molecule has 0 radical (unpaired) electrons. The number of likely N-dealkylation sites (N-methyl/N-ethyl adjacent to an activating group) is 1. The lowest BCUT2D eigenvalue weighted by molar-refractivity contribution is -0.870. The molecule has 0 saturated carbocycles. The van der Waals surface area contributed by atoms with Gasteiger partial charge in [0.1, 0.15) is 19.3 Å². The zero-order valence-corrected chi connectivity index (χ0v) is 46.9. The number of quaternary nitrogens is 1. The van der Waals surface area contributed by atoms with E-state index < -0.39 is 26.6 Å². The highest BCUT2D eigenvalue weighted by Crippen LogP contribution is 2.38. The van der Waals surface area contributed by atoms with Crippen LogP contribution >= 0.6 is 7.82 Å². The van der Waals surface area contributed by atoms with Gasteiger partial charge in [-0.25, -0.2) is 0 Å². The van der Waals surface area contributed by atoms with Crippen LogP contribution in [0.1, 0.15) is 265 Å². The van der Waals surface area contributed by atoms with Crippen molar-refractivity contribution in [3.8, 4) is 0 Å². The molecule has 0 aliphatic heterocycles. The molecule has 10 heteroatoms. The van der Waals surface area contributed by atoms with E-state index in [0.29, 0.717) is 23.9 Å². The lowest BCUT2D eigenvalue weighted by atomic mass is 10.0. The van der Waals surface area contributed by atoms with E-state index >= 15 is 0 Å². The smallest absolute Gasteiger partial charge is 0.306 e. The predicted octanol–water partition coefficient (Wildman–Crippen LogP) is 16.7. The van der Waals surface area contributed by atoms with Gasteiger partial charge in [0, 0.05) is 12.8 Å². The molecule has 0 heterocycles. The summed E-state index contributed by atoms with van der Waals surface area (Å²) in [5.74, 6) is -0.586. The number of carbonyl (C=O) groups excluding carboxylic acids is 2. The van der Waals surface area contributed by atoms with Crippen molar-refractivity contribution in [3.05, 3.63) is 48.6 Å². The van der Waals surface area contributed by atoms with E-state index in [0.717, 1.165) is 70.6 Å². The maximum atomic E-state index is 13.5. The molecule has 404 valence electrons. The number of carbonyl (C=O) groups is 2. The van der Waals surface area contributed by atoms with Crippen LogP contribution in [-0.4, -0.2) is 69.4 Å². The molecular formula is C59H111N2O7P. The number of hydrogen-bond acceptors (Lipinski definition) is 7. The third-order valence-corrected chi connectivity index (χ3v) is 13.7. The summed E-state index contributed by atoms with van der Waals surface area (Å²) in [6.07, 6.45) is 59.3. The molecule has 0 saturated heterocycles. The van der Waals surface area contributed by atoms with E-state index in [1.807, 2.05) is 33.3 Å². The van der Waals surface area contributed by atoms with E-state index in [-0.39, 0.29) is 31.3 Å². The fourth-order valence-corrected chi connectivity index (χ4v) is 8.94. The Morgan fingerprint density at radius 3 is 1.32 bits per heavy atom. The highest BCUT2D eigenvalue weighted by atomic mass is 31.2. The van der Waals surface area contributed by atoms with Crippen LogP contribution in [0.3, 0.4) is 0 Å². The van der Waals surface area contributed by atoms with E-state index in [9.17, 15) is 19.0 Å². The van der Waals surface area contributed by atoms with Gasteiger partial charge in [-0.1, -0.05) is 217 Å². The fraction of sp³-hybridized carbons (Fsp3) is 0.831. The lowest BCUT2D eigenvalue weighted by Gasteiger charge is -2.30. The van der Waals surface area contributed by atoms with Crippen molar-refractivity contribution < 1.29 is 37.3 Å². The number of allylic oxidation sites excluding steroid dienone is 7. The van der Waals surface area contributed by atoms with Crippen LogP contribution < -0.4 is 10.2 Å². The number of nitrogens with zero attached hydrogens (tertiary/aromatic N) is 1. The monoisotopic (exact) mass is 991 g/mol. The average molecular weight is 992 g/mol. The van der Waals surface area contributed by atoms with E-state index in [1.165, 1.54) is 148 Å². The number of phosphoric acid groups is 1. The standard InChI is InChI=1S/C59H111N2O7P/c1-7-10-13-16-19-22-25-28-30-31-33-36-39-42-45-48-51-58(62)60-56(55-67-69(64,65)66-54-53-61(4,5)6)57(50-47-44-41-38-35-32-27-24-21-18-15-12-9-3)68-59(63)52-49-46-43-40-37-34-29-26-23-20-17-14-11-8-2/h30-31,33-34,36-37,47,50,56-57H,7-29,32,35,38-46,48-49,51-55H2,1-6H3,(H-,60,62,64,65)/b31-30+,36-33+,37-34-,50-47+. The van der Waals surface area contributed by atoms with Crippen LogP contribution in [0.4, 0.5) is 0 Å². The summed E-state index contributed by atoms with van der Waals surface area (Å²) in [7, 11) is 1.16. The minimum absolute atomic E-state index is 0.0295. The Morgan fingerprint density at radius 2 is 0.884 bits per heavy atom. The van der Waals surface area contributed by atoms with Gasteiger partial charge in [0.15, 0.2) is 0 Å². The first-order valence-corrected chi connectivity index (χ1v) is 30.4. The van der Waals surface area contributed by atoms with Crippen LogP contribution in [0.15, 0.2) is 48.6 Å². The predicted molar refractivity (Wildman–Crippen MR) is 293 cm³/mol. The van der Waals surface area contributed by atoms with Crippen molar-refractivity contribution in [2.45, 2.75) is 277 Å². The van der Waals surface area contributed by atoms with Crippen molar-refractivity contribution in [2.75, 3.05) is 40.9 Å². The second-order valence-electron chi connectivity index (χ2n) is 20.8. The largest absolute Gasteiger partial charge is 0.756 e. The second kappa shape index (κ2) is 49.5. The molecular weight excluding hydrogens is 880 g/mol. The maximum Gasteiger partial charge on any atom is 0.306 e.